The number of halogens is 1. The number of amides is 1. The van der Waals surface area contributed by atoms with Crippen LogP contribution in [0.25, 0.3) is 0 Å². The predicted molar refractivity (Wildman–Crippen MR) is 118 cm³/mol. The maximum atomic E-state index is 13.9. The van der Waals surface area contributed by atoms with Crippen LogP contribution in [0, 0.1) is 15.9 Å². The number of para-hydroxylation sites is 1. The Bertz CT molecular complexity index is 1100. The van der Waals surface area contributed by atoms with Gasteiger partial charge in [-0.25, -0.2) is 4.39 Å². The monoisotopic (exact) mass is 459 g/mol. The number of thioether (sulfide) groups is 1. The van der Waals surface area contributed by atoms with Crippen LogP contribution in [0.15, 0.2) is 53.7 Å². The lowest BCUT2D eigenvalue weighted by molar-refractivity contribution is -0.384. The molecule has 2 aromatic carbocycles. The molecule has 0 saturated carbocycles. The highest BCUT2D eigenvalue weighted by Gasteiger charge is 2.23. The van der Waals surface area contributed by atoms with Crippen LogP contribution in [0.1, 0.15) is 38.7 Å². The Balaban J connectivity index is 1.66. The van der Waals surface area contributed by atoms with Crippen LogP contribution < -0.4 is 10.1 Å². The summed E-state index contributed by atoms with van der Waals surface area (Å²) in [5.74, 6) is -0.0620. The summed E-state index contributed by atoms with van der Waals surface area (Å²) in [6.45, 7) is 5.65. The summed E-state index contributed by atoms with van der Waals surface area (Å²) in [5.41, 5.74) is 0.404. The number of benzene rings is 2. The van der Waals surface area contributed by atoms with Crippen molar-refractivity contribution in [3.63, 3.8) is 0 Å². The van der Waals surface area contributed by atoms with Gasteiger partial charge in [0, 0.05) is 23.9 Å². The van der Waals surface area contributed by atoms with Gasteiger partial charge < -0.3 is 14.6 Å². The molecule has 11 heteroatoms. The third-order valence-electron chi connectivity index (χ3n) is 4.41. The number of anilines is 1. The van der Waals surface area contributed by atoms with Gasteiger partial charge in [-0.1, -0.05) is 23.9 Å². The molecule has 3 rings (SSSR count). The lowest BCUT2D eigenvalue weighted by atomic mass is 10.3. The van der Waals surface area contributed by atoms with Crippen molar-refractivity contribution in [3.8, 4) is 5.75 Å². The third kappa shape index (κ3) is 5.61. The SMILES string of the molecule is CC(Oc1ccccc1F)c1nnc(SCC(=O)Nc2ccc([N+](=O)[O-])cc2)n1C(C)C. The zero-order valence-corrected chi connectivity index (χ0v) is 18.5. The number of nitro groups is 1. The minimum atomic E-state index is -0.565. The lowest BCUT2D eigenvalue weighted by Crippen LogP contribution is -2.16. The standard InChI is InChI=1S/C21H22FN5O4S/c1-13(2)26-20(14(3)31-18-7-5-4-6-17(18)22)24-25-21(26)32-12-19(28)23-15-8-10-16(11-9-15)27(29)30/h4-11,13-14H,12H2,1-3H3,(H,23,28). The molecule has 1 heterocycles. The van der Waals surface area contributed by atoms with E-state index in [9.17, 15) is 19.3 Å². The molecule has 0 aliphatic heterocycles. The Hall–Kier alpha value is -3.47. The highest BCUT2D eigenvalue weighted by Crippen LogP contribution is 2.28. The maximum absolute atomic E-state index is 13.9. The van der Waals surface area contributed by atoms with Crippen LogP contribution in [0.5, 0.6) is 5.75 Å². The number of nitrogens with zero attached hydrogens (tertiary/aromatic N) is 4. The molecule has 9 nitrogen and oxygen atoms in total. The van der Waals surface area contributed by atoms with E-state index in [2.05, 4.69) is 15.5 Å². The van der Waals surface area contributed by atoms with Gasteiger partial charge in [0.1, 0.15) is 0 Å². The zero-order valence-electron chi connectivity index (χ0n) is 17.7. The number of nitrogens with one attached hydrogen (secondary N) is 1. The van der Waals surface area contributed by atoms with Gasteiger partial charge in [-0.2, -0.15) is 0 Å². The smallest absolute Gasteiger partial charge is 0.269 e. The van der Waals surface area contributed by atoms with Gasteiger partial charge >= 0.3 is 0 Å². The number of hydrogen-bond acceptors (Lipinski definition) is 7. The summed E-state index contributed by atoms with van der Waals surface area (Å²) in [7, 11) is 0. The van der Waals surface area contributed by atoms with Crippen molar-refractivity contribution in [2.24, 2.45) is 0 Å². The quantitative estimate of drug-likeness (QED) is 0.278. The van der Waals surface area contributed by atoms with E-state index in [4.69, 9.17) is 4.74 Å². The molecule has 0 saturated heterocycles. The summed E-state index contributed by atoms with van der Waals surface area (Å²) in [4.78, 5) is 22.5. The van der Waals surface area contributed by atoms with Crippen molar-refractivity contribution in [3.05, 3.63) is 70.3 Å². The molecule has 1 amide bonds. The summed E-state index contributed by atoms with van der Waals surface area (Å²) in [5, 5.41) is 22.3. The highest BCUT2D eigenvalue weighted by atomic mass is 32.2. The molecule has 1 N–H and O–H groups in total. The zero-order chi connectivity index (χ0) is 23.3. The minimum Gasteiger partial charge on any atom is -0.480 e. The van der Waals surface area contributed by atoms with Gasteiger partial charge in [0.2, 0.25) is 5.91 Å². The largest absolute Gasteiger partial charge is 0.480 e. The van der Waals surface area contributed by atoms with E-state index in [1.54, 1.807) is 25.1 Å². The van der Waals surface area contributed by atoms with Crippen molar-refractivity contribution >= 4 is 29.0 Å². The minimum absolute atomic E-state index is 0.0214. The number of nitro benzene ring substituents is 1. The lowest BCUT2D eigenvalue weighted by Gasteiger charge is -2.19. The van der Waals surface area contributed by atoms with Crippen molar-refractivity contribution < 1.29 is 18.8 Å². The second-order valence-corrected chi connectivity index (χ2v) is 8.08. The van der Waals surface area contributed by atoms with E-state index in [1.165, 1.54) is 42.1 Å². The van der Waals surface area contributed by atoms with Crippen molar-refractivity contribution in [2.45, 2.75) is 38.1 Å². The first-order valence-corrected chi connectivity index (χ1v) is 10.8. The van der Waals surface area contributed by atoms with Gasteiger partial charge in [-0.3, -0.25) is 14.9 Å². The third-order valence-corrected chi connectivity index (χ3v) is 5.35. The van der Waals surface area contributed by atoms with E-state index < -0.39 is 16.8 Å². The van der Waals surface area contributed by atoms with E-state index in [0.29, 0.717) is 16.7 Å². The second kappa shape index (κ2) is 10.2. The molecule has 168 valence electrons. The van der Waals surface area contributed by atoms with Crippen molar-refractivity contribution in [1.29, 1.82) is 0 Å². The summed E-state index contributed by atoms with van der Waals surface area (Å²) in [6, 6.07) is 11.7. The molecule has 3 aromatic rings. The van der Waals surface area contributed by atoms with E-state index in [1.807, 2.05) is 18.4 Å². The van der Waals surface area contributed by atoms with Crippen LogP contribution in [-0.4, -0.2) is 31.3 Å². The van der Waals surface area contributed by atoms with Crippen molar-refractivity contribution in [2.75, 3.05) is 11.1 Å². The summed E-state index contributed by atoms with van der Waals surface area (Å²) < 4.78 is 21.5. The van der Waals surface area contributed by atoms with Crippen LogP contribution in [0.4, 0.5) is 15.8 Å². The Morgan fingerprint density at radius 2 is 1.88 bits per heavy atom. The Morgan fingerprint density at radius 1 is 1.19 bits per heavy atom. The van der Waals surface area contributed by atoms with Crippen LogP contribution in [-0.2, 0) is 4.79 Å². The van der Waals surface area contributed by atoms with Crippen molar-refractivity contribution in [1.82, 2.24) is 14.8 Å². The number of hydrogen-bond donors (Lipinski definition) is 1. The van der Waals surface area contributed by atoms with Gasteiger partial charge in [0.05, 0.1) is 10.7 Å². The van der Waals surface area contributed by atoms with E-state index in [-0.39, 0.29) is 29.1 Å². The molecule has 0 fully saturated rings. The molecular weight excluding hydrogens is 437 g/mol. The van der Waals surface area contributed by atoms with Crippen LogP contribution in [0.2, 0.25) is 0 Å². The number of aromatic nitrogens is 3. The Labute approximate surface area is 188 Å². The maximum Gasteiger partial charge on any atom is 0.269 e. The number of ether oxygens (including phenoxy) is 1. The highest BCUT2D eigenvalue weighted by molar-refractivity contribution is 7.99. The Kier molecular flexibility index (Phi) is 7.41. The predicted octanol–water partition coefficient (Wildman–Crippen LogP) is 4.78. The summed E-state index contributed by atoms with van der Waals surface area (Å²) >= 11 is 1.20. The van der Waals surface area contributed by atoms with E-state index in [0.717, 1.165) is 0 Å². The normalized spacial score (nSPS) is 11.9. The van der Waals surface area contributed by atoms with Crippen LogP contribution >= 0.6 is 11.8 Å². The first-order chi connectivity index (χ1) is 15.3. The number of carbonyl (C=O) groups excluding carboxylic acids is 1. The van der Waals surface area contributed by atoms with Gasteiger partial charge in [0.15, 0.2) is 28.7 Å². The number of carbonyl (C=O) groups is 1. The van der Waals surface area contributed by atoms with Gasteiger partial charge in [-0.15, -0.1) is 10.2 Å². The average Bonchev–Trinajstić information content (AvgIpc) is 3.19. The first-order valence-electron chi connectivity index (χ1n) is 9.79. The molecule has 1 unspecified atom stereocenters. The molecule has 0 bridgehead atoms. The molecule has 1 aromatic heterocycles. The Morgan fingerprint density at radius 3 is 2.50 bits per heavy atom. The topological polar surface area (TPSA) is 112 Å². The fraction of sp³-hybridized carbons (Fsp3) is 0.286. The molecule has 0 aliphatic rings. The molecule has 1 atom stereocenters. The van der Waals surface area contributed by atoms with Crippen LogP contribution in [0.3, 0.4) is 0 Å². The number of rotatable bonds is 9. The molecule has 0 spiro atoms. The molecule has 0 radical (unpaired) electrons. The number of non-ortho nitro benzene ring substituents is 1. The summed E-state index contributed by atoms with van der Waals surface area (Å²) in [6.07, 6.45) is -0.565. The van der Waals surface area contributed by atoms with Gasteiger partial charge in [0.25, 0.3) is 5.69 Å². The average molecular weight is 460 g/mol. The molecule has 32 heavy (non-hydrogen) atoms. The molecular formula is C21H22FN5O4S. The fourth-order valence-corrected chi connectivity index (χ4v) is 3.80. The molecule has 0 aliphatic carbocycles. The second-order valence-electron chi connectivity index (χ2n) is 7.14. The van der Waals surface area contributed by atoms with E-state index >= 15 is 0 Å². The van der Waals surface area contributed by atoms with Gasteiger partial charge in [-0.05, 0) is 45.0 Å². The first kappa shape index (κ1) is 23.2. The fourth-order valence-electron chi connectivity index (χ4n) is 2.93.